The summed E-state index contributed by atoms with van der Waals surface area (Å²) in [5, 5.41) is 7.78. The Balaban J connectivity index is 1.32. The largest absolute Gasteiger partial charge is 0.496 e. The molecule has 9 nitrogen and oxygen atoms in total. The molecule has 244 valence electrons. The predicted octanol–water partition coefficient (Wildman–Crippen LogP) is 7.08. The van der Waals surface area contributed by atoms with E-state index in [4.69, 9.17) is 25.8 Å². The molecule has 3 aromatic carbocycles. The molecule has 0 bridgehead atoms. The van der Waals surface area contributed by atoms with Crippen LogP contribution in [0.4, 0.5) is 15.9 Å². The highest BCUT2D eigenvalue weighted by Crippen LogP contribution is 2.45. The van der Waals surface area contributed by atoms with Gasteiger partial charge in [-0.2, -0.15) is 0 Å². The van der Waals surface area contributed by atoms with Crippen molar-refractivity contribution in [1.82, 2.24) is 15.3 Å². The Morgan fingerprint density at radius 3 is 2.67 bits per heavy atom. The molecule has 2 heterocycles. The van der Waals surface area contributed by atoms with Crippen LogP contribution in [0.2, 0.25) is 5.02 Å². The molecule has 1 unspecified atom stereocenters. The molecule has 0 saturated carbocycles. The lowest BCUT2D eigenvalue weighted by atomic mass is 9.85. The first-order chi connectivity index (χ1) is 22.2. The van der Waals surface area contributed by atoms with E-state index in [2.05, 4.69) is 20.6 Å². The molecule has 1 aliphatic heterocycles. The minimum Gasteiger partial charge on any atom is -0.496 e. The lowest BCUT2D eigenvalue weighted by Gasteiger charge is -2.31. The third kappa shape index (κ3) is 8.26. The first-order valence-corrected chi connectivity index (χ1v) is 17.4. The van der Waals surface area contributed by atoms with Gasteiger partial charge >= 0.3 is 0 Å². The van der Waals surface area contributed by atoms with Gasteiger partial charge in [-0.05, 0) is 73.8 Å². The second kappa shape index (κ2) is 15.1. The normalized spacial score (nSPS) is 16.0. The number of halogens is 2. The predicted molar refractivity (Wildman–Crippen MR) is 179 cm³/mol. The van der Waals surface area contributed by atoms with Crippen LogP contribution in [-0.4, -0.2) is 50.1 Å². The highest BCUT2D eigenvalue weighted by molar-refractivity contribution is 7.91. The third-order valence-electron chi connectivity index (χ3n) is 7.80. The van der Waals surface area contributed by atoms with Crippen molar-refractivity contribution in [3.8, 4) is 11.5 Å². The topological polar surface area (TPSA) is 112 Å². The summed E-state index contributed by atoms with van der Waals surface area (Å²) in [4.78, 5) is 9.01. The number of anilines is 2. The minimum atomic E-state index is -3.02. The van der Waals surface area contributed by atoms with Crippen LogP contribution in [-0.2, 0) is 26.8 Å². The number of hydrogen-bond acceptors (Lipinski definition) is 9. The summed E-state index contributed by atoms with van der Waals surface area (Å²) >= 11 is 6.55. The molecular formula is C34H38ClFN4O5S. The van der Waals surface area contributed by atoms with E-state index < -0.39 is 15.4 Å². The molecule has 0 fully saturated rings. The van der Waals surface area contributed by atoms with Crippen LogP contribution >= 0.6 is 11.6 Å². The van der Waals surface area contributed by atoms with Gasteiger partial charge < -0.3 is 24.8 Å². The van der Waals surface area contributed by atoms with E-state index >= 15 is 0 Å². The van der Waals surface area contributed by atoms with Crippen LogP contribution < -0.4 is 20.1 Å². The van der Waals surface area contributed by atoms with E-state index in [0.717, 1.165) is 17.4 Å². The first-order valence-electron chi connectivity index (χ1n) is 15.2. The lowest BCUT2D eigenvalue weighted by molar-refractivity contribution is 0.0284. The smallest absolute Gasteiger partial charge is 0.151 e. The van der Waals surface area contributed by atoms with Gasteiger partial charge in [0.05, 0.1) is 29.7 Å². The van der Waals surface area contributed by atoms with Crippen molar-refractivity contribution >= 4 is 43.8 Å². The fourth-order valence-corrected chi connectivity index (χ4v) is 7.04. The number of rotatable bonds is 16. The van der Waals surface area contributed by atoms with Crippen molar-refractivity contribution in [2.45, 2.75) is 44.8 Å². The van der Waals surface area contributed by atoms with E-state index in [1.165, 1.54) is 18.5 Å². The van der Waals surface area contributed by atoms with E-state index in [1.54, 1.807) is 37.6 Å². The van der Waals surface area contributed by atoms with Crippen LogP contribution in [0.15, 0.2) is 73.3 Å². The van der Waals surface area contributed by atoms with Gasteiger partial charge in [0.15, 0.2) is 9.84 Å². The lowest BCUT2D eigenvalue weighted by Crippen LogP contribution is -2.29. The number of fused-ring (bicyclic) bond motifs is 1. The number of benzene rings is 3. The zero-order valence-corrected chi connectivity index (χ0v) is 27.5. The van der Waals surface area contributed by atoms with Gasteiger partial charge in [0.2, 0.25) is 0 Å². The van der Waals surface area contributed by atoms with E-state index in [-0.39, 0.29) is 23.9 Å². The van der Waals surface area contributed by atoms with Crippen molar-refractivity contribution < 1.29 is 27.0 Å². The number of nitrogens with zero attached hydrogens (tertiary/aromatic N) is 2. The molecule has 46 heavy (non-hydrogen) atoms. The molecule has 2 N–H and O–H groups in total. The van der Waals surface area contributed by atoms with Crippen molar-refractivity contribution in [3.63, 3.8) is 0 Å². The third-order valence-corrected chi connectivity index (χ3v) is 9.95. The summed E-state index contributed by atoms with van der Waals surface area (Å²) < 4.78 is 55.5. The molecule has 0 spiro atoms. The van der Waals surface area contributed by atoms with Crippen molar-refractivity contribution in [2.24, 2.45) is 0 Å². The molecule has 0 aliphatic carbocycles. The summed E-state index contributed by atoms with van der Waals surface area (Å²) in [7, 11) is -1.40. The summed E-state index contributed by atoms with van der Waals surface area (Å²) in [6.45, 7) is 3.13. The molecule has 1 aliphatic rings. The zero-order chi connectivity index (χ0) is 32.6. The van der Waals surface area contributed by atoms with E-state index in [9.17, 15) is 12.8 Å². The second-order valence-electron chi connectivity index (χ2n) is 11.2. The van der Waals surface area contributed by atoms with Gasteiger partial charge in [-0.1, -0.05) is 30.7 Å². The van der Waals surface area contributed by atoms with Crippen molar-refractivity contribution in [1.29, 1.82) is 0 Å². The number of methoxy groups -OCH3 is 1. The second-order valence-corrected chi connectivity index (χ2v) is 13.9. The van der Waals surface area contributed by atoms with Gasteiger partial charge in [-0.3, -0.25) is 0 Å². The highest BCUT2D eigenvalue weighted by Gasteiger charge is 2.38. The van der Waals surface area contributed by atoms with Crippen molar-refractivity contribution in [3.05, 3.63) is 95.2 Å². The number of ether oxygens (including phenoxy) is 3. The Hall–Kier alpha value is -3.93. The SMILES string of the molecule is CCCS(=O)(=O)CCNCCCC1(c2cc3c(Nc4ccc(OCc5cccc(F)c5)c(Cl)c4)ncnc3cc2OC)CC=CO1. The zero-order valence-electron chi connectivity index (χ0n) is 25.9. The summed E-state index contributed by atoms with van der Waals surface area (Å²) in [5.41, 5.74) is 2.30. The number of hydrogen-bond donors (Lipinski definition) is 2. The minimum absolute atomic E-state index is 0.133. The van der Waals surface area contributed by atoms with Gasteiger partial charge in [-0.25, -0.2) is 22.8 Å². The Morgan fingerprint density at radius 1 is 1.07 bits per heavy atom. The molecule has 0 amide bonds. The monoisotopic (exact) mass is 668 g/mol. The maximum atomic E-state index is 13.5. The number of aromatic nitrogens is 2. The molecule has 12 heteroatoms. The van der Waals surface area contributed by atoms with Gasteiger partial charge in [0.25, 0.3) is 0 Å². The van der Waals surface area contributed by atoms with E-state index in [0.29, 0.717) is 71.5 Å². The quantitative estimate of drug-likeness (QED) is 0.121. The van der Waals surface area contributed by atoms with Gasteiger partial charge in [0.1, 0.15) is 41.7 Å². The summed E-state index contributed by atoms with van der Waals surface area (Å²) in [5.74, 6) is 1.73. The average Bonchev–Trinajstić information content (AvgIpc) is 3.52. The van der Waals surface area contributed by atoms with Crippen LogP contribution in [0.1, 0.15) is 43.7 Å². The Morgan fingerprint density at radius 2 is 1.93 bits per heavy atom. The summed E-state index contributed by atoms with van der Waals surface area (Å²) in [6, 6.07) is 15.4. The van der Waals surface area contributed by atoms with Gasteiger partial charge in [-0.15, -0.1) is 0 Å². The first kappa shape index (κ1) is 33.4. The number of nitrogens with one attached hydrogen (secondary N) is 2. The average molecular weight is 669 g/mol. The molecule has 5 rings (SSSR count). The maximum Gasteiger partial charge on any atom is 0.151 e. The van der Waals surface area contributed by atoms with Crippen molar-refractivity contribution in [2.75, 3.05) is 37.0 Å². The molecule has 1 atom stereocenters. The fourth-order valence-electron chi connectivity index (χ4n) is 5.53. The van der Waals surface area contributed by atoms with Crippen LogP contribution in [0, 0.1) is 5.82 Å². The molecular weight excluding hydrogens is 631 g/mol. The van der Waals surface area contributed by atoms with Crippen LogP contribution in [0.25, 0.3) is 10.9 Å². The fraction of sp³-hybridized carbons (Fsp3) is 0.353. The molecule has 1 aromatic heterocycles. The van der Waals surface area contributed by atoms with Gasteiger partial charge in [0, 0.05) is 41.4 Å². The highest BCUT2D eigenvalue weighted by atomic mass is 35.5. The molecule has 0 saturated heterocycles. The van der Waals surface area contributed by atoms with Crippen LogP contribution in [0.3, 0.4) is 0 Å². The van der Waals surface area contributed by atoms with Crippen LogP contribution in [0.5, 0.6) is 11.5 Å². The number of sulfone groups is 1. The summed E-state index contributed by atoms with van der Waals surface area (Å²) in [6.07, 6.45) is 7.92. The Bertz CT molecular complexity index is 1800. The molecule has 4 aromatic rings. The standard InChI is InChI=1S/C34H38ClFN4O5S/c1-3-16-46(41,42)17-14-37-13-5-11-34(12-6-15-45-34)28-20-27-30(21-32(28)43-2)38-23-39-33(27)40-26-9-10-31(29(35)19-26)44-22-24-7-4-8-25(36)18-24/h4,6-10,15,18-21,23,37H,3,5,11-14,16-17,22H2,1-2H3,(H,38,39,40). The Kier molecular flexibility index (Phi) is 11.0. The maximum absolute atomic E-state index is 13.5. The van der Waals surface area contributed by atoms with E-state index in [1.807, 2.05) is 31.2 Å². The Labute approximate surface area is 274 Å². The molecule has 0 radical (unpaired) electrons.